The molecule has 2 bridgehead atoms. The number of nitrogens with one attached hydrogen (secondary N) is 1. The maximum absolute atomic E-state index is 13.5. The van der Waals surface area contributed by atoms with Crippen LogP contribution in [0.4, 0.5) is 5.00 Å². The molecule has 1 aliphatic carbocycles. The zero-order valence-electron chi connectivity index (χ0n) is 21.4. The Morgan fingerprint density at radius 1 is 1.22 bits per heavy atom. The number of rotatable bonds is 5. The number of hydrogen-bond acceptors (Lipinski definition) is 6. The molecule has 5 rings (SSSR count). The van der Waals surface area contributed by atoms with E-state index in [-0.39, 0.29) is 27.7 Å². The van der Waals surface area contributed by atoms with Crippen LogP contribution in [0.3, 0.4) is 0 Å². The minimum atomic E-state index is -3.65. The zero-order valence-corrected chi connectivity index (χ0v) is 23.1. The van der Waals surface area contributed by atoms with Gasteiger partial charge in [0.2, 0.25) is 10.0 Å². The van der Waals surface area contributed by atoms with Crippen LogP contribution >= 0.6 is 11.3 Å². The van der Waals surface area contributed by atoms with Gasteiger partial charge >= 0.3 is 0 Å². The highest BCUT2D eigenvalue weighted by molar-refractivity contribution is 7.89. The number of thiophene rings is 1. The van der Waals surface area contributed by atoms with E-state index in [1.54, 1.807) is 16.4 Å². The molecule has 1 amide bonds. The summed E-state index contributed by atoms with van der Waals surface area (Å²) in [6.07, 6.45) is 3.59. The Morgan fingerprint density at radius 2 is 1.94 bits per heavy atom. The Labute approximate surface area is 218 Å². The number of anilines is 1. The van der Waals surface area contributed by atoms with Crippen LogP contribution in [0.2, 0.25) is 0 Å². The maximum Gasteiger partial charge on any atom is 0.256 e. The van der Waals surface area contributed by atoms with E-state index in [4.69, 9.17) is 0 Å². The first-order valence-electron chi connectivity index (χ1n) is 12.6. The normalized spacial score (nSPS) is 25.8. The van der Waals surface area contributed by atoms with Crippen molar-refractivity contribution in [3.8, 4) is 6.07 Å². The Kier molecular flexibility index (Phi) is 6.31. The second-order valence-electron chi connectivity index (χ2n) is 11.7. The molecule has 192 valence electrons. The quantitative estimate of drug-likeness (QED) is 0.602. The van der Waals surface area contributed by atoms with E-state index < -0.39 is 10.0 Å². The van der Waals surface area contributed by atoms with Crippen LogP contribution in [-0.2, 0) is 23.0 Å². The molecule has 9 heteroatoms. The molecule has 2 aromatic rings. The third-order valence-corrected chi connectivity index (χ3v) is 11.1. The van der Waals surface area contributed by atoms with Crippen LogP contribution in [0.5, 0.6) is 0 Å². The number of fused-ring (bicyclic) bond motifs is 3. The standard InChI is InChI=1S/C27H34N4O3S2/c1-5-30-11-10-21-22(14-28)25(35-23(21)15-30)29-24(32)18-6-8-20(9-7-18)36(33,34)31-17-27(4)13-19(31)12-26(2,3)16-27/h6-9,19H,5,10-13,15-17H2,1-4H3,(H,29,32). The molecule has 2 atom stereocenters. The highest BCUT2D eigenvalue weighted by Crippen LogP contribution is 2.53. The van der Waals surface area contributed by atoms with Crippen molar-refractivity contribution < 1.29 is 13.2 Å². The van der Waals surface area contributed by atoms with Crippen molar-refractivity contribution in [1.29, 1.82) is 5.26 Å². The average Bonchev–Trinajstić information content (AvgIpc) is 3.30. The number of carbonyl (C=O) groups is 1. The molecule has 1 aromatic heterocycles. The summed E-state index contributed by atoms with van der Waals surface area (Å²) in [5, 5.41) is 13.2. The molecule has 1 N–H and O–H groups in total. The molecule has 3 aliphatic rings. The number of nitriles is 1. The van der Waals surface area contributed by atoms with Crippen LogP contribution < -0.4 is 5.32 Å². The lowest BCUT2D eigenvalue weighted by Crippen LogP contribution is -2.37. The summed E-state index contributed by atoms with van der Waals surface area (Å²) in [5.41, 5.74) is 2.09. The molecule has 1 saturated heterocycles. The lowest BCUT2D eigenvalue weighted by molar-refractivity contribution is 0.102. The summed E-state index contributed by atoms with van der Waals surface area (Å²) in [7, 11) is -3.65. The first-order chi connectivity index (χ1) is 16.9. The molecular weight excluding hydrogens is 492 g/mol. The van der Waals surface area contributed by atoms with Crippen LogP contribution in [-0.4, -0.2) is 49.2 Å². The van der Waals surface area contributed by atoms with E-state index in [0.29, 0.717) is 22.7 Å². The van der Waals surface area contributed by atoms with Crippen molar-refractivity contribution in [3.05, 3.63) is 45.8 Å². The second-order valence-corrected chi connectivity index (χ2v) is 14.7. The number of likely N-dealkylation sites (N-methyl/N-ethyl adjacent to an activating group) is 1. The van der Waals surface area contributed by atoms with E-state index in [0.717, 1.165) is 55.8 Å². The smallest absolute Gasteiger partial charge is 0.256 e. The van der Waals surface area contributed by atoms with Gasteiger partial charge in [-0.3, -0.25) is 9.69 Å². The predicted molar refractivity (Wildman–Crippen MR) is 142 cm³/mol. The first-order valence-corrected chi connectivity index (χ1v) is 14.9. The van der Waals surface area contributed by atoms with Gasteiger partial charge in [0.1, 0.15) is 11.1 Å². The number of hydrogen-bond donors (Lipinski definition) is 1. The molecule has 7 nitrogen and oxygen atoms in total. The molecular formula is C27H34N4O3S2. The molecule has 0 spiro atoms. The maximum atomic E-state index is 13.5. The van der Waals surface area contributed by atoms with Crippen LogP contribution in [0, 0.1) is 22.2 Å². The minimum absolute atomic E-state index is 0.00575. The van der Waals surface area contributed by atoms with E-state index in [2.05, 4.69) is 44.0 Å². The summed E-state index contributed by atoms with van der Waals surface area (Å²) >= 11 is 1.46. The molecule has 2 unspecified atom stereocenters. The van der Waals surface area contributed by atoms with Crippen molar-refractivity contribution in [2.75, 3.05) is 25.0 Å². The largest absolute Gasteiger partial charge is 0.312 e. The number of carbonyl (C=O) groups excluding carboxylic acids is 1. The molecule has 2 aliphatic heterocycles. The highest BCUT2D eigenvalue weighted by atomic mass is 32.2. The fourth-order valence-electron chi connectivity index (χ4n) is 6.71. The number of nitrogens with zero attached hydrogens (tertiary/aromatic N) is 3. The number of amides is 1. The van der Waals surface area contributed by atoms with E-state index in [9.17, 15) is 18.5 Å². The Morgan fingerprint density at radius 3 is 2.61 bits per heavy atom. The van der Waals surface area contributed by atoms with E-state index in [1.807, 2.05) is 0 Å². The van der Waals surface area contributed by atoms with Crippen LogP contribution in [0.1, 0.15) is 73.3 Å². The zero-order chi connectivity index (χ0) is 25.9. The van der Waals surface area contributed by atoms with Gasteiger partial charge in [0.15, 0.2) is 0 Å². The summed E-state index contributed by atoms with van der Waals surface area (Å²) in [6, 6.07) is 8.48. The molecule has 36 heavy (non-hydrogen) atoms. The van der Waals surface area contributed by atoms with Crippen molar-refractivity contribution in [1.82, 2.24) is 9.21 Å². The van der Waals surface area contributed by atoms with Crippen LogP contribution in [0.25, 0.3) is 0 Å². The second kappa shape index (κ2) is 8.95. The Balaban J connectivity index is 1.33. The number of sulfonamides is 1. The third-order valence-electron chi connectivity index (χ3n) is 8.01. The molecule has 1 saturated carbocycles. The van der Waals surface area contributed by atoms with Gasteiger partial charge in [-0.15, -0.1) is 11.3 Å². The van der Waals surface area contributed by atoms with Gasteiger partial charge in [-0.1, -0.05) is 27.7 Å². The van der Waals surface area contributed by atoms with Gasteiger partial charge < -0.3 is 5.32 Å². The number of benzene rings is 1. The van der Waals surface area contributed by atoms with Crippen LogP contribution in [0.15, 0.2) is 29.2 Å². The Hall–Kier alpha value is -2.25. The van der Waals surface area contributed by atoms with E-state index in [1.165, 1.54) is 23.5 Å². The first kappa shape index (κ1) is 25.4. The van der Waals surface area contributed by atoms with Gasteiger partial charge in [-0.25, -0.2) is 8.42 Å². The van der Waals surface area contributed by atoms with Gasteiger partial charge in [0, 0.05) is 36.1 Å². The summed E-state index contributed by atoms with van der Waals surface area (Å²) in [5.74, 6) is -0.340. The van der Waals surface area contributed by atoms with Gasteiger partial charge in [0.25, 0.3) is 5.91 Å². The predicted octanol–water partition coefficient (Wildman–Crippen LogP) is 4.84. The van der Waals surface area contributed by atoms with Crippen molar-refractivity contribution in [3.63, 3.8) is 0 Å². The molecule has 1 aromatic carbocycles. The lowest BCUT2D eigenvalue weighted by atomic mass is 9.65. The Bertz CT molecular complexity index is 1340. The summed E-state index contributed by atoms with van der Waals surface area (Å²) in [4.78, 5) is 16.7. The van der Waals surface area contributed by atoms with Crippen molar-refractivity contribution >= 4 is 32.3 Å². The molecule has 2 fully saturated rings. The minimum Gasteiger partial charge on any atom is -0.312 e. The van der Waals surface area contributed by atoms with E-state index >= 15 is 0 Å². The monoisotopic (exact) mass is 526 g/mol. The highest BCUT2D eigenvalue weighted by Gasteiger charge is 2.53. The third kappa shape index (κ3) is 4.49. The molecule has 0 radical (unpaired) electrons. The summed E-state index contributed by atoms with van der Waals surface area (Å²) < 4.78 is 28.8. The molecule has 3 heterocycles. The van der Waals surface area contributed by atoms with Gasteiger partial charge in [-0.2, -0.15) is 9.57 Å². The summed E-state index contributed by atoms with van der Waals surface area (Å²) in [6.45, 7) is 12.0. The lowest BCUT2D eigenvalue weighted by Gasteiger charge is -2.39. The van der Waals surface area contributed by atoms with Crippen molar-refractivity contribution in [2.45, 2.75) is 70.9 Å². The van der Waals surface area contributed by atoms with Gasteiger partial charge in [0.05, 0.1) is 10.5 Å². The SMILES string of the molecule is CCN1CCc2c(sc(NC(=O)c3ccc(S(=O)(=O)N4CC5(C)CC4CC(C)(C)C5)cc3)c2C#N)C1. The topological polar surface area (TPSA) is 93.5 Å². The average molecular weight is 527 g/mol. The fourth-order valence-corrected chi connectivity index (χ4v) is 9.72. The van der Waals surface area contributed by atoms with Gasteiger partial charge in [-0.05, 0) is 72.9 Å². The van der Waals surface area contributed by atoms with Crippen molar-refractivity contribution in [2.24, 2.45) is 10.8 Å². The fraction of sp³-hybridized carbons (Fsp3) is 0.556.